The molecule has 0 bridgehead atoms. The first-order chi connectivity index (χ1) is 6.99. The van der Waals surface area contributed by atoms with E-state index in [-0.39, 0.29) is 0 Å². The van der Waals surface area contributed by atoms with Gasteiger partial charge in [-0.05, 0) is 9.91 Å². The highest BCUT2D eigenvalue weighted by atomic mass is 19.3. The first-order valence-electron chi connectivity index (χ1n) is 3.64. The van der Waals surface area contributed by atoms with Crippen LogP contribution in [0.5, 0.6) is 5.75 Å². The van der Waals surface area contributed by atoms with Crippen LogP contribution in [0.4, 0.5) is 19.0 Å². The zero-order valence-electron chi connectivity index (χ0n) is 7.41. The number of nitrogens with zero attached hydrogens (tertiary/aromatic N) is 2. The van der Waals surface area contributed by atoms with Crippen LogP contribution >= 0.6 is 0 Å². The van der Waals surface area contributed by atoms with Crippen molar-refractivity contribution in [1.29, 1.82) is 0 Å². The lowest BCUT2D eigenvalue weighted by atomic mass is 10.2. The van der Waals surface area contributed by atoms with Crippen LogP contribution in [0.3, 0.4) is 0 Å². The molecule has 0 saturated heterocycles. The van der Waals surface area contributed by atoms with Crippen LogP contribution in [-0.2, 0) is 0 Å². The Balaban J connectivity index is 3.47. The Hall–Kier alpha value is -1.86. The van der Waals surface area contributed by atoms with Gasteiger partial charge in [-0.2, -0.15) is 0 Å². The molecule has 15 heavy (non-hydrogen) atoms. The van der Waals surface area contributed by atoms with Gasteiger partial charge in [0.05, 0.1) is 7.11 Å². The standard InChI is InChI=1S/C7H5F3N2O3/c1-15-5-4(6(9)10)3(8)2-11-7(5)12(13)14/h2,6H,1H3. The molecule has 0 atom stereocenters. The highest BCUT2D eigenvalue weighted by molar-refractivity contribution is 5.47. The van der Waals surface area contributed by atoms with E-state index < -0.39 is 34.3 Å². The first kappa shape index (κ1) is 11.2. The van der Waals surface area contributed by atoms with Gasteiger partial charge in [-0.25, -0.2) is 13.2 Å². The Bertz CT molecular complexity index is 397. The molecule has 0 amide bonds. The van der Waals surface area contributed by atoms with Crippen molar-refractivity contribution in [2.45, 2.75) is 6.43 Å². The Morgan fingerprint density at radius 3 is 2.60 bits per heavy atom. The Morgan fingerprint density at radius 1 is 1.60 bits per heavy atom. The van der Waals surface area contributed by atoms with Gasteiger partial charge >= 0.3 is 5.82 Å². The summed E-state index contributed by atoms with van der Waals surface area (Å²) in [6.07, 6.45) is -2.84. The van der Waals surface area contributed by atoms with Crippen LogP contribution < -0.4 is 4.74 Å². The van der Waals surface area contributed by atoms with Crippen molar-refractivity contribution in [1.82, 2.24) is 4.98 Å². The van der Waals surface area contributed by atoms with E-state index in [0.717, 1.165) is 7.11 Å². The molecule has 0 saturated carbocycles. The van der Waals surface area contributed by atoms with Crippen LogP contribution in [-0.4, -0.2) is 17.0 Å². The van der Waals surface area contributed by atoms with Gasteiger partial charge in [-0.1, -0.05) is 0 Å². The van der Waals surface area contributed by atoms with Gasteiger partial charge < -0.3 is 14.9 Å². The third-order valence-electron chi connectivity index (χ3n) is 1.60. The second-order valence-electron chi connectivity index (χ2n) is 2.43. The van der Waals surface area contributed by atoms with E-state index in [1.54, 1.807) is 0 Å². The van der Waals surface area contributed by atoms with E-state index in [0.29, 0.717) is 6.20 Å². The predicted molar refractivity (Wildman–Crippen MR) is 42.4 cm³/mol. The van der Waals surface area contributed by atoms with Gasteiger partial charge in [-0.3, -0.25) is 0 Å². The number of hydrogen-bond donors (Lipinski definition) is 0. The summed E-state index contributed by atoms with van der Waals surface area (Å²) in [5.74, 6) is -3.13. The van der Waals surface area contributed by atoms with Crippen LogP contribution in [0.25, 0.3) is 0 Å². The van der Waals surface area contributed by atoms with Gasteiger partial charge in [0, 0.05) is 0 Å². The van der Waals surface area contributed by atoms with Crippen molar-refractivity contribution in [3.63, 3.8) is 0 Å². The third kappa shape index (κ3) is 1.97. The average Bonchev–Trinajstić information content (AvgIpc) is 2.15. The maximum Gasteiger partial charge on any atom is 0.406 e. The molecule has 1 heterocycles. The average molecular weight is 222 g/mol. The molecule has 82 valence electrons. The summed E-state index contributed by atoms with van der Waals surface area (Å²) < 4.78 is 41.9. The Labute approximate surface area is 81.6 Å². The summed E-state index contributed by atoms with van der Waals surface area (Å²) in [5, 5.41) is 10.4. The minimum absolute atomic E-state index is 0.363. The molecule has 0 aliphatic heterocycles. The SMILES string of the molecule is COc1c([N+](=O)[O-])ncc(F)c1C(F)F. The van der Waals surface area contributed by atoms with E-state index in [4.69, 9.17) is 0 Å². The van der Waals surface area contributed by atoms with Crippen LogP contribution in [0.15, 0.2) is 6.20 Å². The van der Waals surface area contributed by atoms with Crippen molar-refractivity contribution < 1.29 is 22.8 Å². The van der Waals surface area contributed by atoms with E-state index >= 15 is 0 Å². The minimum atomic E-state index is -3.21. The van der Waals surface area contributed by atoms with E-state index in [1.807, 2.05) is 0 Å². The second-order valence-corrected chi connectivity index (χ2v) is 2.43. The van der Waals surface area contributed by atoms with Crippen LogP contribution in [0, 0.1) is 15.9 Å². The summed E-state index contributed by atoms with van der Waals surface area (Å²) in [5.41, 5.74) is -1.15. The summed E-state index contributed by atoms with van der Waals surface area (Å²) in [4.78, 5) is 12.4. The zero-order chi connectivity index (χ0) is 11.6. The third-order valence-corrected chi connectivity index (χ3v) is 1.60. The number of ether oxygens (including phenoxy) is 1. The molecule has 0 spiro atoms. The summed E-state index contributed by atoms with van der Waals surface area (Å²) >= 11 is 0. The highest BCUT2D eigenvalue weighted by Crippen LogP contribution is 2.36. The van der Waals surface area contributed by atoms with Crippen molar-refractivity contribution in [2.75, 3.05) is 7.11 Å². The number of methoxy groups -OCH3 is 1. The molecule has 0 unspecified atom stereocenters. The molecular weight excluding hydrogens is 217 g/mol. The molecule has 0 aromatic carbocycles. The number of nitro groups is 1. The molecule has 0 aliphatic carbocycles. The molecule has 0 radical (unpaired) electrons. The van der Waals surface area contributed by atoms with E-state index in [9.17, 15) is 23.3 Å². The number of halogens is 3. The minimum Gasteiger partial charge on any atom is -0.489 e. The van der Waals surface area contributed by atoms with Gasteiger partial charge in [0.25, 0.3) is 6.43 Å². The smallest absolute Gasteiger partial charge is 0.406 e. The fourth-order valence-electron chi connectivity index (χ4n) is 1.01. The maximum atomic E-state index is 12.9. The summed E-state index contributed by atoms with van der Waals surface area (Å²) in [6, 6.07) is 0. The molecular formula is C7H5F3N2O3. The molecule has 0 fully saturated rings. The van der Waals surface area contributed by atoms with E-state index in [1.165, 1.54) is 0 Å². The molecule has 1 aromatic heterocycles. The summed E-state index contributed by atoms with van der Waals surface area (Å²) in [7, 11) is 0.926. The fraction of sp³-hybridized carbons (Fsp3) is 0.286. The lowest BCUT2D eigenvalue weighted by molar-refractivity contribution is -0.390. The number of rotatable bonds is 3. The highest BCUT2D eigenvalue weighted by Gasteiger charge is 2.29. The molecule has 8 heteroatoms. The zero-order valence-corrected chi connectivity index (χ0v) is 7.41. The van der Waals surface area contributed by atoms with Crippen molar-refractivity contribution in [2.24, 2.45) is 0 Å². The molecule has 0 N–H and O–H groups in total. The quantitative estimate of drug-likeness (QED) is 0.580. The van der Waals surface area contributed by atoms with Crippen molar-refractivity contribution in [3.8, 4) is 5.75 Å². The van der Waals surface area contributed by atoms with Crippen molar-refractivity contribution >= 4 is 5.82 Å². The molecule has 0 aliphatic rings. The fourth-order valence-corrected chi connectivity index (χ4v) is 1.01. The lowest BCUT2D eigenvalue weighted by Gasteiger charge is -2.07. The van der Waals surface area contributed by atoms with Crippen LogP contribution in [0.2, 0.25) is 0 Å². The molecule has 1 rings (SSSR count). The number of pyridine rings is 1. The lowest BCUT2D eigenvalue weighted by Crippen LogP contribution is -2.03. The first-order valence-corrected chi connectivity index (χ1v) is 3.64. The van der Waals surface area contributed by atoms with E-state index in [2.05, 4.69) is 9.72 Å². The van der Waals surface area contributed by atoms with Gasteiger partial charge in [0.1, 0.15) is 5.56 Å². The number of aromatic nitrogens is 1. The topological polar surface area (TPSA) is 65.3 Å². The monoisotopic (exact) mass is 222 g/mol. The van der Waals surface area contributed by atoms with Gasteiger partial charge in [0.15, 0.2) is 12.0 Å². The number of hydrogen-bond acceptors (Lipinski definition) is 4. The Kier molecular flexibility index (Phi) is 3.08. The maximum absolute atomic E-state index is 12.9. The largest absolute Gasteiger partial charge is 0.489 e. The van der Waals surface area contributed by atoms with Crippen molar-refractivity contribution in [3.05, 3.63) is 27.7 Å². The normalized spacial score (nSPS) is 10.5. The van der Waals surface area contributed by atoms with Gasteiger partial charge in [0.2, 0.25) is 5.75 Å². The molecule has 1 aromatic rings. The summed E-state index contributed by atoms with van der Waals surface area (Å²) in [6.45, 7) is 0. The molecule has 5 nitrogen and oxygen atoms in total. The predicted octanol–water partition coefficient (Wildman–Crippen LogP) is 2.08. The second kappa shape index (κ2) is 4.11. The number of alkyl halides is 2. The van der Waals surface area contributed by atoms with Gasteiger partial charge in [-0.15, -0.1) is 0 Å². The van der Waals surface area contributed by atoms with Crippen LogP contribution in [0.1, 0.15) is 12.0 Å². The Morgan fingerprint density at radius 2 is 2.20 bits per heavy atom.